The van der Waals surface area contributed by atoms with E-state index in [1.54, 1.807) is 0 Å². The van der Waals surface area contributed by atoms with Crippen LogP contribution in [0, 0.1) is 11.3 Å². The summed E-state index contributed by atoms with van der Waals surface area (Å²) in [6.45, 7) is 4.16. The van der Waals surface area contributed by atoms with Gasteiger partial charge in [-0.1, -0.05) is 37.3 Å². The normalized spacial score (nSPS) is 13.0. The molecular weight excluding hydrogens is 272 g/mol. The maximum Gasteiger partial charge on any atom is 0.120 e. The minimum Gasteiger partial charge on any atom is -0.491 e. The van der Waals surface area contributed by atoms with Gasteiger partial charge < -0.3 is 10.1 Å². The quantitative estimate of drug-likeness (QED) is 0.787. The number of nitrogens with one attached hydrogen (secondary N) is 1. The number of hydrogen-bond acceptors (Lipinski definition) is 3. The van der Waals surface area contributed by atoms with Crippen molar-refractivity contribution in [3.63, 3.8) is 0 Å². The zero-order valence-electron chi connectivity index (χ0n) is 13.1. The molecule has 0 amide bonds. The molecule has 2 atom stereocenters. The van der Waals surface area contributed by atoms with E-state index in [1.165, 1.54) is 0 Å². The molecule has 2 aromatic rings. The maximum atomic E-state index is 9.11. The third-order valence-corrected chi connectivity index (χ3v) is 3.58. The zero-order chi connectivity index (χ0) is 15.8. The SMILES string of the molecule is CCC(C)Oc1cccc(C(CC#N)Nc2ccccc2)c1. The van der Waals surface area contributed by atoms with Gasteiger partial charge in [0, 0.05) is 5.69 Å². The van der Waals surface area contributed by atoms with E-state index in [2.05, 4.69) is 25.2 Å². The average Bonchev–Trinajstić information content (AvgIpc) is 2.55. The first-order valence-corrected chi connectivity index (χ1v) is 7.68. The van der Waals surface area contributed by atoms with Gasteiger partial charge in [0.1, 0.15) is 5.75 Å². The highest BCUT2D eigenvalue weighted by atomic mass is 16.5. The first-order valence-electron chi connectivity index (χ1n) is 7.68. The van der Waals surface area contributed by atoms with Crippen molar-refractivity contribution in [1.29, 1.82) is 5.26 Å². The number of benzene rings is 2. The first-order chi connectivity index (χ1) is 10.7. The van der Waals surface area contributed by atoms with E-state index >= 15 is 0 Å². The lowest BCUT2D eigenvalue weighted by Crippen LogP contribution is -2.12. The summed E-state index contributed by atoms with van der Waals surface area (Å²) in [6.07, 6.45) is 1.56. The van der Waals surface area contributed by atoms with Gasteiger partial charge in [-0.05, 0) is 43.2 Å². The standard InChI is InChI=1S/C19H22N2O/c1-3-15(2)22-18-11-7-8-16(14-18)19(12-13-20)21-17-9-5-4-6-10-17/h4-11,14-15,19,21H,3,12H2,1-2H3. The Morgan fingerprint density at radius 2 is 1.91 bits per heavy atom. The van der Waals surface area contributed by atoms with E-state index < -0.39 is 0 Å². The first kappa shape index (κ1) is 15.9. The summed E-state index contributed by atoms with van der Waals surface area (Å²) in [6, 6.07) is 20.1. The van der Waals surface area contributed by atoms with Crippen molar-refractivity contribution >= 4 is 5.69 Å². The van der Waals surface area contributed by atoms with E-state index in [1.807, 2.05) is 54.6 Å². The van der Waals surface area contributed by atoms with Gasteiger partial charge >= 0.3 is 0 Å². The minimum atomic E-state index is -0.0483. The highest BCUT2D eigenvalue weighted by molar-refractivity contribution is 5.46. The molecule has 1 N–H and O–H groups in total. The molecule has 0 aliphatic rings. The molecule has 0 spiro atoms. The number of anilines is 1. The maximum absolute atomic E-state index is 9.11. The smallest absolute Gasteiger partial charge is 0.120 e. The van der Waals surface area contributed by atoms with Gasteiger partial charge in [0.05, 0.1) is 24.6 Å². The predicted molar refractivity (Wildman–Crippen MR) is 89.9 cm³/mol. The Labute approximate surface area is 132 Å². The van der Waals surface area contributed by atoms with Crippen LogP contribution in [-0.4, -0.2) is 6.10 Å². The Morgan fingerprint density at radius 1 is 1.14 bits per heavy atom. The molecule has 0 bridgehead atoms. The summed E-state index contributed by atoms with van der Waals surface area (Å²) in [4.78, 5) is 0. The molecule has 0 aromatic heterocycles. The van der Waals surface area contributed by atoms with Crippen LogP contribution in [0.25, 0.3) is 0 Å². The van der Waals surface area contributed by atoms with E-state index in [4.69, 9.17) is 10.00 Å². The second-order valence-corrected chi connectivity index (χ2v) is 5.33. The summed E-state index contributed by atoms with van der Waals surface area (Å²) in [5.41, 5.74) is 2.07. The van der Waals surface area contributed by atoms with Gasteiger partial charge in [0.25, 0.3) is 0 Å². The Hall–Kier alpha value is -2.47. The molecule has 114 valence electrons. The van der Waals surface area contributed by atoms with Gasteiger partial charge in [-0.2, -0.15) is 5.26 Å². The van der Waals surface area contributed by atoms with Crippen molar-refractivity contribution in [3.8, 4) is 11.8 Å². The van der Waals surface area contributed by atoms with Crippen molar-refractivity contribution in [2.24, 2.45) is 0 Å². The van der Waals surface area contributed by atoms with Crippen LogP contribution in [-0.2, 0) is 0 Å². The van der Waals surface area contributed by atoms with Crippen molar-refractivity contribution in [3.05, 3.63) is 60.2 Å². The lowest BCUT2D eigenvalue weighted by atomic mass is 10.0. The molecule has 0 heterocycles. The van der Waals surface area contributed by atoms with Gasteiger partial charge in [-0.25, -0.2) is 0 Å². The topological polar surface area (TPSA) is 45.0 Å². The fraction of sp³-hybridized carbons (Fsp3) is 0.316. The number of nitrogens with zero attached hydrogens (tertiary/aromatic N) is 1. The summed E-state index contributed by atoms with van der Waals surface area (Å²) in [5, 5.41) is 12.5. The summed E-state index contributed by atoms with van der Waals surface area (Å²) in [7, 11) is 0. The molecule has 2 aromatic carbocycles. The number of ether oxygens (including phenoxy) is 1. The van der Waals surface area contributed by atoms with Crippen molar-refractivity contribution in [2.75, 3.05) is 5.32 Å². The van der Waals surface area contributed by atoms with E-state index in [-0.39, 0.29) is 12.1 Å². The highest BCUT2D eigenvalue weighted by Crippen LogP contribution is 2.26. The lowest BCUT2D eigenvalue weighted by Gasteiger charge is -2.19. The van der Waals surface area contributed by atoms with Gasteiger partial charge in [0.15, 0.2) is 0 Å². The van der Waals surface area contributed by atoms with Crippen LogP contribution in [0.5, 0.6) is 5.75 Å². The lowest BCUT2D eigenvalue weighted by molar-refractivity contribution is 0.217. The highest BCUT2D eigenvalue weighted by Gasteiger charge is 2.12. The molecule has 0 saturated carbocycles. The van der Waals surface area contributed by atoms with Crippen LogP contribution in [0.15, 0.2) is 54.6 Å². The summed E-state index contributed by atoms with van der Waals surface area (Å²) < 4.78 is 5.87. The van der Waals surface area contributed by atoms with Crippen molar-refractivity contribution in [2.45, 2.75) is 38.8 Å². The molecule has 0 saturated heterocycles. The minimum absolute atomic E-state index is 0.0483. The van der Waals surface area contributed by atoms with Gasteiger partial charge in [-0.15, -0.1) is 0 Å². The van der Waals surface area contributed by atoms with E-state index in [0.29, 0.717) is 6.42 Å². The molecule has 0 radical (unpaired) electrons. The van der Waals surface area contributed by atoms with Crippen LogP contribution in [0.1, 0.15) is 38.3 Å². The second-order valence-electron chi connectivity index (χ2n) is 5.33. The number of rotatable bonds is 7. The molecule has 0 fully saturated rings. The Kier molecular flexibility index (Phi) is 5.85. The monoisotopic (exact) mass is 294 g/mol. The molecule has 0 aliphatic heterocycles. The second kappa shape index (κ2) is 8.09. The van der Waals surface area contributed by atoms with Crippen LogP contribution < -0.4 is 10.1 Å². The fourth-order valence-corrected chi connectivity index (χ4v) is 2.20. The van der Waals surface area contributed by atoms with Crippen LogP contribution in [0.4, 0.5) is 5.69 Å². The van der Waals surface area contributed by atoms with E-state index in [0.717, 1.165) is 23.4 Å². The summed E-state index contributed by atoms with van der Waals surface area (Å²) >= 11 is 0. The Morgan fingerprint density at radius 3 is 2.59 bits per heavy atom. The van der Waals surface area contributed by atoms with Crippen molar-refractivity contribution < 1.29 is 4.74 Å². The van der Waals surface area contributed by atoms with Gasteiger partial charge in [-0.3, -0.25) is 0 Å². The third kappa shape index (κ3) is 4.53. The zero-order valence-corrected chi connectivity index (χ0v) is 13.1. The Bertz CT molecular complexity index is 619. The summed E-state index contributed by atoms with van der Waals surface area (Å²) in [5.74, 6) is 0.852. The molecular formula is C19H22N2O. The Balaban J connectivity index is 2.17. The largest absolute Gasteiger partial charge is 0.491 e. The average molecular weight is 294 g/mol. The van der Waals surface area contributed by atoms with Crippen molar-refractivity contribution in [1.82, 2.24) is 0 Å². The van der Waals surface area contributed by atoms with E-state index in [9.17, 15) is 0 Å². The molecule has 2 rings (SSSR count). The third-order valence-electron chi connectivity index (χ3n) is 3.58. The van der Waals surface area contributed by atoms with Crippen LogP contribution in [0.3, 0.4) is 0 Å². The fourth-order valence-electron chi connectivity index (χ4n) is 2.20. The molecule has 2 unspecified atom stereocenters. The molecule has 3 heteroatoms. The van der Waals surface area contributed by atoms with Crippen LogP contribution >= 0.6 is 0 Å². The molecule has 3 nitrogen and oxygen atoms in total. The number of nitriles is 1. The molecule has 22 heavy (non-hydrogen) atoms. The predicted octanol–water partition coefficient (Wildman–Crippen LogP) is 4.93. The molecule has 0 aliphatic carbocycles. The van der Waals surface area contributed by atoms with Gasteiger partial charge in [0.2, 0.25) is 0 Å². The number of para-hydroxylation sites is 1. The van der Waals surface area contributed by atoms with Crippen LogP contribution in [0.2, 0.25) is 0 Å². The number of hydrogen-bond donors (Lipinski definition) is 1.